The van der Waals surface area contributed by atoms with E-state index in [9.17, 15) is 4.79 Å². The Hall–Kier alpha value is -0.790. The van der Waals surface area contributed by atoms with Gasteiger partial charge in [-0.1, -0.05) is 219 Å². The molecule has 0 saturated carbocycles. The second-order valence-corrected chi connectivity index (χ2v) is 14.9. The van der Waals surface area contributed by atoms with Crippen molar-refractivity contribution in [1.82, 2.24) is 0 Å². The molecule has 0 aliphatic rings. The van der Waals surface area contributed by atoms with E-state index in [0.717, 1.165) is 18.8 Å². The highest BCUT2D eigenvalue weighted by molar-refractivity contribution is 5.69. The van der Waals surface area contributed by atoms with Gasteiger partial charge in [-0.05, 0) is 44.4 Å². The highest BCUT2D eigenvalue weighted by Crippen LogP contribution is 2.17. The summed E-state index contributed by atoms with van der Waals surface area (Å²) in [6.45, 7) is 7.62. The average molecular weight is 647 g/mol. The van der Waals surface area contributed by atoms with E-state index in [1.165, 1.54) is 212 Å². The summed E-state index contributed by atoms with van der Waals surface area (Å²) in [6.07, 6.45) is 53.0. The van der Waals surface area contributed by atoms with Crippen LogP contribution in [-0.4, -0.2) is 12.6 Å². The molecule has 0 aromatic heterocycles. The molecule has 1 unspecified atom stereocenters. The zero-order valence-electron chi connectivity index (χ0n) is 32.2. The zero-order valence-corrected chi connectivity index (χ0v) is 32.2. The van der Waals surface area contributed by atoms with Crippen molar-refractivity contribution in [2.45, 2.75) is 252 Å². The fraction of sp³-hybridized carbons (Fsp3) is 0.932. The van der Waals surface area contributed by atoms with Crippen LogP contribution in [0, 0.1) is 5.92 Å². The van der Waals surface area contributed by atoms with Crippen LogP contribution in [-0.2, 0) is 9.53 Å². The van der Waals surface area contributed by atoms with Crippen LogP contribution < -0.4 is 0 Å². The molecule has 0 heterocycles. The van der Waals surface area contributed by atoms with Crippen molar-refractivity contribution >= 4 is 5.97 Å². The van der Waals surface area contributed by atoms with Gasteiger partial charge in [0.2, 0.25) is 0 Å². The number of allylic oxidation sites excluding steroid dienone is 2. The van der Waals surface area contributed by atoms with Gasteiger partial charge in [-0.3, -0.25) is 4.79 Å². The van der Waals surface area contributed by atoms with Crippen LogP contribution in [0.2, 0.25) is 0 Å². The van der Waals surface area contributed by atoms with Crippen molar-refractivity contribution in [3.8, 4) is 0 Å². The topological polar surface area (TPSA) is 26.3 Å². The number of ether oxygens (including phenoxy) is 1. The minimum atomic E-state index is 0.0272. The lowest BCUT2D eigenvalue weighted by atomic mass is 9.99. The molecule has 0 spiro atoms. The summed E-state index contributed by atoms with van der Waals surface area (Å²) < 4.78 is 5.47. The number of unbranched alkanes of at least 4 members (excludes halogenated alkanes) is 30. The highest BCUT2D eigenvalue weighted by atomic mass is 16.5. The van der Waals surface area contributed by atoms with Gasteiger partial charge < -0.3 is 4.74 Å². The third-order valence-electron chi connectivity index (χ3n) is 10.2. The van der Waals surface area contributed by atoms with Gasteiger partial charge in [0.1, 0.15) is 0 Å². The molecule has 0 amide bonds. The molecule has 0 saturated heterocycles. The fourth-order valence-corrected chi connectivity index (χ4v) is 6.58. The Morgan fingerprint density at radius 1 is 0.457 bits per heavy atom. The number of carbonyl (C=O) groups is 1. The molecule has 2 nitrogen and oxygen atoms in total. The number of rotatable bonds is 39. The molecule has 0 radical (unpaired) electrons. The van der Waals surface area contributed by atoms with Crippen molar-refractivity contribution in [2.75, 3.05) is 6.61 Å². The van der Waals surface area contributed by atoms with Gasteiger partial charge in [-0.2, -0.15) is 0 Å². The van der Waals surface area contributed by atoms with Crippen molar-refractivity contribution in [3.63, 3.8) is 0 Å². The smallest absolute Gasteiger partial charge is 0.305 e. The number of esters is 1. The first-order valence-electron chi connectivity index (χ1n) is 21.5. The molecule has 46 heavy (non-hydrogen) atoms. The van der Waals surface area contributed by atoms with E-state index >= 15 is 0 Å². The van der Waals surface area contributed by atoms with Gasteiger partial charge in [0.15, 0.2) is 0 Å². The number of hydrogen-bond donors (Lipinski definition) is 0. The lowest BCUT2D eigenvalue weighted by Gasteiger charge is -2.07. The molecular weight excluding hydrogens is 560 g/mol. The van der Waals surface area contributed by atoms with Crippen LogP contribution in [0.25, 0.3) is 0 Å². The molecule has 0 N–H and O–H groups in total. The molecule has 0 bridgehead atoms. The van der Waals surface area contributed by atoms with E-state index in [4.69, 9.17) is 4.74 Å². The van der Waals surface area contributed by atoms with Crippen LogP contribution in [0.15, 0.2) is 12.2 Å². The number of hydrogen-bond acceptors (Lipinski definition) is 2. The quantitative estimate of drug-likeness (QED) is 0.0377. The predicted molar refractivity (Wildman–Crippen MR) is 207 cm³/mol. The van der Waals surface area contributed by atoms with Crippen molar-refractivity contribution in [2.24, 2.45) is 5.92 Å². The van der Waals surface area contributed by atoms with Gasteiger partial charge >= 0.3 is 5.97 Å². The maximum absolute atomic E-state index is 12.0. The van der Waals surface area contributed by atoms with Crippen LogP contribution >= 0.6 is 0 Å². The monoisotopic (exact) mass is 647 g/mol. The molecule has 0 aromatic carbocycles. The first kappa shape index (κ1) is 45.2. The first-order chi connectivity index (χ1) is 22.7. The summed E-state index contributed by atoms with van der Waals surface area (Å²) in [5.74, 6) is 0.953. The number of carbonyl (C=O) groups excluding carboxylic acids is 1. The van der Waals surface area contributed by atoms with Crippen molar-refractivity contribution < 1.29 is 9.53 Å². The lowest BCUT2D eigenvalue weighted by Crippen LogP contribution is -2.05. The SMILES string of the molecule is CCCCCCCC/C=C/CCCCCCCCCCCCCC(=O)OCCCCCCCCCCCCCCCCC(C)CC. The normalized spacial score (nSPS) is 12.3. The minimum absolute atomic E-state index is 0.0272. The van der Waals surface area contributed by atoms with Crippen molar-refractivity contribution in [3.05, 3.63) is 12.2 Å². The molecule has 1 atom stereocenters. The molecule has 0 aliphatic heterocycles. The van der Waals surface area contributed by atoms with Crippen molar-refractivity contribution in [1.29, 1.82) is 0 Å². The third-order valence-corrected chi connectivity index (χ3v) is 10.2. The molecule has 0 aromatic rings. The largest absolute Gasteiger partial charge is 0.466 e. The maximum atomic E-state index is 12.0. The average Bonchev–Trinajstić information content (AvgIpc) is 3.06. The van der Waals surface area contributed by atoms with E-state index in [1.807, 2.05) is 0 Å². The standard InChI is InChI=1S/C44H86O2/c1-4-6-7-8-9-10-11-12-13-14-15-16-17-18-19-23-26-29-32-35-38-41-44(45)46-42-39-36-33-30-27-24-21-20-22-25-28-31-34-37-40-43(3)5-2/h12-13,43H,4-11,14-42H2,1-3H3/b13-12+. The lowest BCUT2D eigenvalue weighted by molar-refractivity contribution is -0.143. The first-order valence-corrected chi connectivity index (χ1v) is 21.5. The third kappa shape index (κ3) is 39.4. The summed E-state index contributed by atoms with van der Waals surface area (Å²) in [4.78, 5) is 12.0. The van der Waals surface area contributed by atoms with Crippen LogP contribution in [0.5, 0.6) is 0 Å². The van der Waals surface area contributed by atoms with Gasteiger partial charge in [-0.25, -0.2) is 0 Å². The summed E-state index contributed by atoms with van der Waals surface area (Å²) in [7, 11) is 0. The summed E-state index contributed by atoms with van der Waals surface area (Å²) in [6, 6.07) is 0. The summed E-state index contributed by atoms with van der Waals surface area (Å²) in [5.41, 5.74) is 0. The Morgan fingerprint density at radius 2 is 0.804 bits per heavy atom. The zero-order chi connectivity index (χ0) is 33.4. The van der Waals surface area contributed by atoms with Gasteiger partial charge in [0.25, 0.3) is 0 Å². The van der Waals surface area contributed by atoms with E-state index in [-0.39, 0.29) is 5.97 Å². The molecule has 0 aliphatic carbocycles. The Balaban J connectivity index is 3.18. The van der Waals surface area contributed by atoms with Gasteiger partial charge in [0.05, 0.1) is 6.61 Å². The van der Waals surface area contributed by atoms with Crippen LogP contribution in [0.1, 0.15) is 252 Å². The maximum Gasteiger partial charge on any atom is 0.305 e. The Bertz CT molecular complexity index is 597. The Kier molecular flexibility index (Phi) is 39.7. The molecular formula is C44H86O2. The predicted octanol–water partition coefficient (Wildman–Crippen LogP) is 15.8. The highest BCUT2D eigenvalue weighted by Gasteiger charge is 2.03. The summed E-state index contributed by atoms with van der Waals surface area (Å²) in [5, 5.41) is 0. The second-order valence-electron chi connectivity index (χ2n) is 14.9. The van der Waals surface area contributed by atoms with Gasteiger partial charge in [-0.15, -0.1) is 0 Å². The minimum Gasteiger partial charge on any atom is -0.466 e. The fourth-order valence-electron chi connectivity index (χ4n) is 6.58. The van der Waals surface area contributed by atoms with E-state index in [1.54, 1.807) is 0 Å². The van der Waals surface area contributed by atoms with Gasteiger partial charge in [0, 0.05) is 6.42 Å². The van der Waals surface area contributed by atoms with Crippen LogP contribution in [0.3, 0.4) is 0 Å². The molecule has 274 valence electrons. The second kappa shape index (κ2) is 40.4. The Morgan fingerprint density at radius 3 is 1.22 bits per heavy atom. The van der Waals surface area contributed by atoms with E-state index in [0.29, 0.717) is 13.0 Å². The molecule has 2 heteroatoms. The van der Waals surface area contributed by atoms with E-state index < -0.39 is 0 Å². The van der Waals surface area contributed by atoms with E-state index in [2.05, 4.69) is 32.9 Å². The molecule has 0 fully saturated rings. The van der Waals surface area contributed by atoms with Crippen LogP contribution in [0.4, 0.5) is 0 Å². The Labute approximate surface area is 291 Å². The molecule has 0 rings (SSSR count). The summed E-state index contributed by atoms with van der Waals surface area (Å²) >= 11 is 0.